The molecule has 0 aliphatic carbocycles. The Morgan fingerprint density at radius 3 is 2.80 bits per heavy atom. The van der Waals surface area contributed by atoms with Crippen molar-refractivity contribution in [3.63, 3.8) is 0 Å². The molecule has 1 atom stereocenters. The van der Waals surface area contributed by atoms with E-state index < -0.39 is 16.9 Å². The van der Waals surface area contributed by atoms with E-state index >= 15 is 0 Å². The third-order valence-corrected chi connectivity index (χ3v) is 3.86. The Bertz CT molecular complexity index is 561. The Balaban J connectivity index is 2.27. The molecule has 1 aliphatic rings. The molecule has 0 aromatic heterocycles. The van der Waals surface area contributed by atoms with Gasteiger partial charge in [-0.15, -0.1) is 0 Å². The van der Waals surface area contributed by atoms with Crippen molar-refractivity contribution in [2.24, 2.45) is 11.1 Å². The van der Waals surface area contributed by atoms with Crippen LogP contribution in [-0.2, 0) is 11.4 Å². The summed E-state index contributed by atoms with van der Waals surface area (Å²) in [6.45, 7) is 2.55. The predicted octanol–water partition coefficient (Wildman–Crippen LogP) is 0.789. The SMILES string of the molecule is CC1(C(N)=O)CCN(c2ccc([N+](=O)[O-])c(CO)c2)C1. The van der Waals surface area contributed by atoms with Gasteiger partial charge in [0.2, 0.25) is 5.91 Å². The lowest BCUT2D eigenvalue weighted by Gasteiger charge is -2.22. The van der Waals surface area contributed by atoms with E-state index in [-0.39, 0.29) is 17.2 Å². The molecule has 1 saturated heterocycles. The van der Waals surface area contributed by atoms with Crippen molar-refractivity contribution in [1.82, 2.24) is 0 Å². The van der Waals surface area contributed by atoms with Crippen LogP contribution in [-0.4, -0.2) is 29.0 Å². The minimum Gasteiger partial charge on any atom is -0.391 e. The van der Waals surface area contributed by atoms with Crippen molar-refractivity contribution in [2.45, 2.75) is 20.0 Å². The number of hydrogen-bond donors (Lipinski definition) is 2. The number of primary amides is 1. The van der Waals surface area contributed by atoms with Gasteiger partial charge in [-0.2, -0.15) is 0 Å². The van der Waals surface area contributed by atoms with Crippen LogP contribution in [0.15, 0.2) is 18.2 Å². The van der Waals surface area contributed by atoms with E-state index in [1.54, 1.807) is 12.1 Å². The molecule has 1 amide bonds. The molecule has 1 aromatic rings. The Morgan fingerprint density at radius 2 is 2.30 bits per heavy atom. The van der Waals surface area contributed by atoms with Gasteiger partial charge in [0.25, 0.3) is 5.69 Å². The summed E-state index contributed by atoms with van der Waals surface area (Å²) in [6.07, 6.45) is 0.647. The fraction of sp³-hybridized carbons (Fsp3) is 0.462. The number of nitro groups is 1. The van der Waals surface area contributed by atoms with Gasteiger partial charge in [-0.3, -0.25) is 14.9 Å². The summed E-state index contributed by atoms with van der Waals surface area (Å²) in [4.78, 5) is 23.7. The van der Waals surface area contributed by atoms with Crippen molar-refractivity contribution >= 4 is 17.3 Å². The molecule has 1 fully saturated rings. The van der Waals surface area contributed by atoms with Crippen LogP contribution < -0.4 is 10.6 Å². The van der Waals surface area contributed by atoms with Gasteiger partial charge in [0.1, 0.15) is 0 Å². The van der Waals surface area contributed by atoms with Gasteiger partial charge < -0.3 is 15.7 Å². The zero-order valence-corrected chi connectivity index (χ0v) is 11.2. The van der Waals surface area contributed by atoms with Crippen molar-refractivity contribution in [3.8, 4) is 0 Å². The first-order valence-electron chi connectivity index (χ1n) is 6.30. The molecule has 1 unspecified atom stereocenters. The van der Waals surface area contributed by atoms with Gasteiger partial charge in [0.05, 0.1) is 22.5 Å². The van der Waals surface area contributed by atoms with Crippen LogP contribution in [0.4, 0.5) is 11.4 Å². The Kier molecular flexibility index (Phi) is 3.63. The van der Waals surface area contributed by atoms with Crippen LogP contribution in [0.1, 0.15) is 18.9 Å². The van der Waals surface area contributed by atoms with E-state index in [1.165, 1.54) is 6.07 Å². The normalized spacial score (nSPS) is 22.0. The Labute approximate surface area is 116 Å². The van der Waals surface area contributed by atoms with Gasteiger partial charge >= 0.3 is 0 Å². The second kappa shape index (κ2) is 5.09. The maximum atomic E-state index is 11.4. The number of benzene rings is 1. The van der Waals surface area contributed by atoms with Crippen molar-refractivity contribution in [3.05, 3.63) is 33.9 Å². The second-order valence-electron chi connectivity index (χ2n) is 5.32. The second-order valence-corrected chi connectivity index (χ2v) is 5.32. The molecule has 0 spiro atoms. The number of nitro benzene ring substituents is 1. The lowest BCUT2D eigenvalue weighted by atomic mass is 9.89. The largest absolute Gasteiger partial charge is 0.391 e. The van der Waals surface area contributed by atoms with Gasteiger partial charge in [-0.1, -0.05) is 0 Å². The summed E-state index contributed by atoms with van der Waals surface area (Å²) in [5.74, 6) is -0.343. The molecular weight excluding hydrogens is 262 g/mol. The fourth-order valence-corrected chi connectivity index (χ4v) is 2.46. The van der Waals surface area contributed by atoms with Crippen LogP contribution >= 0.6 is 0 Å². The zero-order valence-electron chi connectivity index (χ0n) is 11.2. The number of aliphatic hydroxyl groups excluding tert-OH is 1. The van der Waals surface area contributed by atoms with E-state index in [9.17, 15) is 20.0 Å². The monoisotopic (exact) mass is 279 g/mol. The lowest BCUT2D eigenvalue weighted by molar-refractivity contribution is -0.385. The summed E-state index contributed by atoms with van der Waals surface area (Å²) in [7, 11) is 0. The number of nitrogens with zero attached hydrogens (tertiary/aromatic N) is 2. The number of nitrogens with two attached hydrogens (primary N) is 1. The number of anilines is 1. The minimum absolute atomic E-state index is 0.104. The summed E-state index contributed by atoms with van der Waals surface area (Å²) >= 11 is 0. The van der Waals surface area contributed by atoms with Crippen LogP contribution in [0.3, 0.4) is 0 Å². The van der Waals surface area contributed by atoms with Crippen LogP contribution in [0, 0.1) is 15.5 Å². The topological polar surface area (TPSA) is 110 Å². The molecule has 2 rings (SSSR count). The fourth-order valence-electron chi connectivity index (χ4n) is 2.46. The summed E-state index contributed by atoms with van der Waals surface area (Å²) in [5, 5.41) is 20.1. The summed E-state index contributed by atoms with van der Waals surface area (Å²) in [5.41, 5.74) is 5.73. The van der Waals surface area contributed by atoms with Gasteiger partial charge in [0, 0.05) is 24.8 Å². The maximum absolute atomic E-state index is 11.4. The van der Waals surface area contributed by atoms with Crippen molar-refractivity contribution in [1.29, 1.82) is 0 Å². The first-order valence-corrected chi connectivity index (χ1v) is 6.30. The highest BCUT2D eigenvalue weighted by Crippen LogP contribution is 2.34. The molecule has 20 heavy (non-hydrogen) atoms. The van der Waals surface area contributed by atoms with E-state index in [2.05, 4.69) is 0 Å². The first-order chi connectivity index (χ1) is 9.37. The van der Waals surface area contributed by atoms with Crippen LogP contribution in [0.25, 0.3) is 0 Å². The zero-order chi connectivity index (χ0) is 14.9. The highest BCUT2D eigenvalue weighted by atomic mass is 16.6. The highest BCUT2D eigenvalue weighted by molar-refractivity contribution is 5.82. The van der Waals surface area contributed by atoms with E-state index in [1.807, 2.05) is 11.8 Å². The standard InChI is InChI=1S/C13H17N3O4/c1-13(12(14)18)4-5-15(8-13)10-2-3-11(16(19)20)9(6-10)7-17/h2-3,6,17H,4-5,7-8H2,1H3,(H2,14,18). The quantitative estimate of drug-likeness (QED) is 0.625. The number of amides is 1. The minimum atomic E-state index is -0.582. The third-order valence-electron chi connectivity index (χ3n) is 3.86. The van der Waals surface area contributed by atoms with Gasteiger partial charge in [-0.05, 0) is 25.5 Å². The Morgan fingerprint density at radius 1 is 1.60 bits per heavy atom. The van der Waals surface area contributed by atoms with Crippen LogP contribution in [0.2, 0.25) is 0 Å². The van der Waals surface area contributed by atoms with Crippen molar-refractivity contribution < 1.29 is 14.8 Å². The third kappa shape index (κ3) is 2.44. The Hall–Kier alpha value is -2.15. The molecule has 7 nitrogen and oxygen atoms in total. The van der Waals surface area contributed by atoms with Gasteiger partial charge in [0.15, 0.2) is 0 Å². The van der Waals surface area contributed by atoms with Gasteiger partial charge in [-0.25, -0.2) is 0 Å². The number of rotatable bonds is 4. The van der Waals surface area contributed by atoms with Crippen molar-refractivity contribution in [2.75, 3.05) is 18.0 Å². The average Bonchev–Trinajstić information content (AvgIpc) is 2.82. The first kappa shape index (κ1) is 14.3. The summed E-state index contributed by atoms with van der Waals surface area (Å²) < 4.78 is 0. The lowest BCUT2D eigenvalue weighted by Crippen LogP contribution is -2.37. The van der Waals surface area contributed by atoms with E-state index in [0.29, 0.717) is 19.5 Å². The molecule has 3 N–H and O–H groups in total. The molecule has 108 valence electrons. The molecule has 0 saturated carbocycles. The number of carbonyl (C=O) groups excluding carboxylic acids is 1. The van der Waals surface area contributed by atoms with E-state index in [4.69, 9.17) is 5.73 Å². The molecule has 7 heteroatoms. The molecule has 0 radical (unpaired) electrons. The van der Waals surface area contributed by atoms with Crippen LogP contribution in [0.5, 0.6) is 0 Å². The molecule has 0 bridgehead atoms. The van der Waals surface area contributed by atoms with E-state index in [0.717, 1.165) is 5.69 Å². The predicted molar refractivity (Wildman–Crippen MR) is 73.2 cm³/mol. The molecular formula is C13H17N3O4. The summed E-state index contributed by atoms with van der Waals surface area (Å²) in [6, 6.07) is 4.59. The number of aliphatic hydroxyl groups is 1. The number of carbonyl (C=O) groups is 1. The maximum Gasteiger partial charge on any atom is 0.275 e. The number of hydrogen-bond acceptors (Lipinski definition) is 5. The molecule has 1 aromatic carbocycles. The average molecular weight is 279 g/mol. The highest BCUT2D eigenvalue weighted by Gasteiger charge is 2.39. The molecule has 1 heterocycles. The molecule has 1 aliphatic heterocycles. The smallest absolute Gasteiger partial charge is 0.275 e.